The molecule has 0 aliphatic carbocycles. The highest BCUT2D eigenvalue weighted by molar-refractivity contribution is 5.90. The van der Waals surface area contributed by atoms with Gasteiger partial charge in [-0.3, -0.25) is 9.59 Å². The molecule has 0 radical (unpaired) electrons. The molecule has 2 N–H and O–H groups in total. The number of carboxylic acids is 1. The molecule has 128 valence electrons. The summed E-state index contributed by atoms with van der Waals surface area (Å²) in [7, 11) is 1.57. The van der Waals surface area contributed by atoms with Crippen LogP contribution in [0.5, 0.6) is 0 Å². The summed E-state index contributed by atoms with van der Waals surface area (Å²) >= 11 is 0. The number of nitrogens with one attached hydrogen (secondary N) is 1. The van der Waals surface area contributed by atoms with Crippen molar-refractivity contribution in [2.75, 3.05) is 7.05 Å². The Morgan fingerprint density at radius 2 is 1.91 bits per heavy atom. The Hall–Kier alpha value is -2.31. The van der Waals surface area contributed by atoms with Crippen molar-refractivity contribution >= 4 is 17.8 Å². The molecule has 0 aliphatic heterocycles. The van der Waals surface area contributed by atoms with Gasteiger partial charge in [-0.25, -0.2) is 4.79 Å². The maximum absolute atomic E-state index is 12.3. The summed E-state index contributed by atoms with van der Waals surface area (Å²) < 4.78 is 5.35. The summed E-state index contributed by atoms with van der Waals surface area (Å²) in [6.45, 7) is 8.59. The molecule has 1 aromatic heterocycles. The van der Waals surface area contributed by atoms with Gasteiger partial charge in [0.1, 0.15) is 23.1 Å². The number of likely N-dealkylation sites (N-methyl/N-ethyl adjacent to an activating group) is 1. The van der Waals surface area contributed by atoms with Gasteiger partial charge < -0.3 is 19.7 Å². The van der Waals surface area contributed by atoms with Gasteiger partial charge in [0.15, 0.2) is 0 Å². The van der Waals surface area contributed by atoms with Crippen molar-refractivity contribution in [3.05, 3.63) is 23.2 Å². The lowest BCUT2D eigenvalue weighted by atomic mass is 9.95. The minimum Gasteiger partial charge on any atom is -0.478 e. The Balaban J connectivity index is 2.72. The van der Waals surface area contributed by atoms with Gasteiger partial charge in [0.05, 0.1) is 6.54 Å². The molecular formula is C16H24N2O5. The van der Waals surface area contributed by atoms with Gasteiger partial charge in [-0.05, 0) is 19.9 Å². The van der Waals surface area contributed by atoms with E-state index in [9.17, 15) is 14.4 Å². The second kappa shape index (κ2) is 6.85. The molecule has 0 saturated carbocycles. The van der Waals surface area contributed by atoms with Crippen LogP contribution in [-0.2, 0) is 16.1 Å². The zero-order valence-corrected chi connectivity index (χ0v) is 14.4. The number of amides is 2. The van der Waals surface area contributed by atoms with Crippen molar-refractivity contribution in [3.8, 4) is 0 Å². The second-order valence-electron chi connectivity index (χ2n) is 6.63. The summed E-state index contributed by atoms with van der Waals surface area (Å²) in [6.07, 6.45) is 0. The van der Waals surface area contributed by atoms with Crippen LogP contribution < -0.4 is 5.32 Å². The summed E-state index contributed by atoms with van der Waals surface area (Å²) in [4.78, 5) is 36.6. The fourth-order valence-electron chi connectivity index (χ4n) is 1.95. The molecule has 0 aromatic carbocycles. The Morgan fingerprint density at radius 3 is 2.35 bits per heavy atom. The van der Waals surface area contributed by atoms with Crippen LogP contribution in [-0.4, -0.2) is 40.9 Å². The molecule has 0 spiro atoms. The van der Waals surface area contributed by atoms with Crippen LogP contribution in [0.25, 0.3) is 0 Å². The van der Waals surface area contributed by atoms with E-state index in [0.717, 1.165) is 0 Å². The zero-order chi connectivity index (χ0) is 17.9. The fourth-order valence-corrected chi connectivity index (χ4v) is 1.95. The maximum Gasteiger partial charge on any atom is 0.339 e. The Labute approximate surface area is 135 Å². The quantitative estimate of drug-likeness (QED) is 0.860. The molecule has 1 unspecified atom stereocenters. The Kier molecular flexibility index (Phi) is 5.58. The summed E-state index contributed by atoms with van der Waals surface area (Å²) in [6, 6.07) is 0.724. The van der Waals surface area contributed by atoms with Gasteiger partial charge in [-0.2, -0.15) is 0 Å². The summed E-state index contributed by atoms with van der Waals surface area (Å²) in [5.41, 5.74) is -0.503. The standard InChI is InChI=1S/C16H24N2O5/c1-9(17-15(22)16(3,4)5)13(19)18(6)8-11-7-12(14(20)21)10(2)23-11/h7,9H,8H2,1-6H3,(H,17,22)(H,20,21). The van der Waals surface area contributed by atoms with Crippen LogP contribution in [0.15, 0.2) is 10.5 Å². The predicted octanol–water partition coefficient (Wildman–Crippen LogP) is 1.80. The third-order valence-electron chi connectivity index (χ3n) is 3.37. The van der Waals surface area contributed by atoms with E-state index in [4.69, 9.17) is 9.52 Å². The largest absolute Gasteiger partial charge is 0.478 e. The first kappa shape index (κ1) is 18.7. The number of furan rings is 1. The first-order chi connectivity index (χ1) is 10.4. The lowest BCUT2D eigenvalue weighted by molar-refractivity contribution is -0.137. The van der Waals surface area contributed by atoms with E-state index < -0.39 is 17.4 Å². The highest BCUT2D eigenvalue weighted by Crippen LogP contribution is 2.17. The van der Waals surface area contributed by atoms with E-state index in [1.165, 1.54) is 11.0 Å². The van der Waals surface area contributed by atoms with E-state index >= 15 is 0 Å². The molecule has 2 amide bonds. The summed E-state index contributed by atoms with van der Waals surface area (Å²) in [5, 5.41) is 11.7. The van der Waals surface area contributed by atoms with Crippen LogP contribution in [0.2, 0.25) is 0 Å². The van der Waals surface area contributed by atoms with E-state index in [0.29, 0.717) is 11.5 Å². The molecule has 1 atom stereocenters. The number of aryl methyl sites for hydroxylation is 1. The second-order valence-corrected chi connectivity index (χ2v) is 6.63. The monoisotopic (exact) mass is 324 g/mol. The lowest BCUT2D eigenvalue weighted by Crippen LogP contribution is -2.48. The van der Waals surface area contributed by atoms with Gasteiger partial charge in [0.25, 0.3) is 0 Å². The average Bonchev–Trinajstić information content (AvgIpc) is 2.77. The van der Waals surface area contributed by atoms with Gasteiger partial charge in [0.2, 0.25) is 11.8 Å². The highest BCUT2D eigenvalue weighted by atomic mass is 16.4. The molecule has 0 aliphatic rings. The molecule has 1 aromatic rings. The van der Waals surface area contributed by atoms with Crippen LogP contribution >= 0.6 is 0 Å². The van der Waals surface area contributed by atoms with Gasteiger partial charge >= 0.3 is 5.97 Å². The Morgan fingerprint density at radius 1 is 1.35 bits per heavy atom. The van der Waals surface area contributed by atoms with Crippen molar-refractivity contribution in [2.24, 2.45) is 5.41 Å². The minimum atomic E-state index is -1.07. The molecule has 0 saturated heterocycles. The van der Waals surface area contributed by atoms with Gasteiger partial charge in [-0.15, -0.1) is 0 Å². The minimum absolute atomic E-state index is 0.0786. The van der Waals surface area contributed by atoms with E-state index in [1.54, 1.807) is 41.7 Å². The Bertz CT molecular complexity index is 612. The normalized spacial score (nSPS) is 12.6. The van der Waals surface area contributed by atoms with E-state index in [-0.39, 0.29) is 23.9 Å². The molecule has 1 rings (SSSR count). The van der Waals surface area contributed by atoms with E-state index in [1.807, 2.05) is 0 Å². The number of rotatable bonds is 5. The number of carboxylic acid groups (broad SMARTS) is 1. The molecule has 0 fully saturated rings. The predicted molar refractivity (Wildman–Crippen MR) is 83.9 cm³/mol. The molecule has 7 heteroatoms. The van der Waals surface area contributed by atoms with Crippen LogP contribution in [0.1, 0.15) is 49.6 Å². The first-order valence-corrected chi connectivity index (χ1v) is 7.32. The molecule has 23 heavy (non-hydrogen) atoms. The van der Waals surface area contributed by atoms with Crippen molar-refractivity contribution in [3.63, 3.8) is 0 Å². The van der Waals surface area contributed by atoms with Gasteiger partial charge in [0, 0.05) is 12.5 Å². The highest BCUT2D eigenvalue weighted by Gasteiger charge is 2.27. The van der Waals surface area contributed by atoms with Crippen molar-refractivity contribution < 1.29 is 23.9 Å². The number of carbonyl (C=O) groups is 3. The fraction of sp³-hybridized carbons (Fsp3) is 0.562. The first-order valence-electron chi connectivity index (χ1n) is 7.32. The molecule has 7 nitrogen and oxygen atoms in total. The smallest absolute Gasteiger partial charge is 0.339 e. The number of nitrogens with zero attached hydrogens (tertiary/aromatic N) is 1. The maximum atomic E-state index is 12.3. The zero-order valence-electron chi connectivity index (χ0n) is 14.4. The van der Waals surface area contributed by atoms with Crippen LogP contribution in [0.4, 0.5) is 0 Å². The molecular weight excluding hydrogens is 300 g/mol. The van der Waals surface area contributed by atoms with Gasteiger partial charge in [-0.1, -0.05) is 20.8 Å². The van der Waals surface area contributed by atoms with E-state index in [2.05, 4.69) is 5.32 Å². The average molecular weight is 324 g/mol. The van der Waals surface area contributed by atoms with Crippen molar-refractivity contribution in [1.29, 1.82) is 0 Å². The SMILES string of the molecule is Cc1oc(CN(C)C(=O)C(C)NC(=O)C(C)(C)C)cc1C(=O)O. The van der Waals surface area contributed by atoms with Crippen LogP contribution in [0.3, 0.4) is 0 Å². The third-order valence-corrected chi connectivity index (χ3v) is 3.37. The number of hydrogen-bond donors (Lipinski definition) is 2. The molecule has 0 bridgehead atoms. The number of hydrogen-bond acceptors (Lipinski definition) is 4. The topological polar surface area (TPSA) is 99.9 Å². The van der Waals surface area contributed by atoms with Crippen molar-refractivity contribution in [1.82, 2.24) is 10.2 Å². The molecule has 1 heterocycles. The lowest BCUT2D eigenvalue weighted by Gasteiger charge is -2.24. The van der Waals surface area contributed by atoms with Crippen molar-refractivity contribution in [2.45, 2.75) is 47.2 Å². The number of carbonyl (C=O) groups excluding carboxylic acids is 2. The van der Waals surface area contributed by atoms with Crippen LogP contribution in [0, 0.1) is 12.3 Å². The number of aromatic carboxylic acids is 1. The third kappa shape index (κ3) is 4.84. The summed E-state index contributed by atoms with van der Waals surface area (Å²) in [5.74, 6) is -0.896.